The number of likely N-dealkylation sites (tertiary alicyclic amines) is 1. The van der Waals surface area contributed by atoms with Crippen molar-refractivity contribution in [1.29, 1.82) is 0 Å². The lowest BCUT2D eigenvalue weighted by atomic mass is 9.94. The maximum absolute atomic E-state index is 12.4. The number of hydrogen-bond acceptors (Lipinski definition) is 3. The molecule has 1 amide bonds. The average molecular weight is 279 g/mol. The molecule has 2 saturated carbocycles. The number of nitrogens with one attached hydrogen (secondary N) is 1. The lowest BCUT2D eigenvalue weighted by Gasteiger charge is -2.33. The first-order valence-corrected chi connectivity index (χ1v) is 8.49. The van der Waals surface area contributed by atoms with Crippen molar-refractivity contribution in [3.8, 4) is 0 Å². The summed E-state index contributed by atoms with van der Waals surface area (Å²) in [7, 11) is 0. The summed E-state index contributed by atoms with van der Waals surface area (Å²) in [6.45, 7) is 4.27. The fourth-order valence-electron chi connectivity index (χ4n) is 3.90. The maximum Gasteiger partial charge on any atom is 0.223 e. The largest absolute Gasteiger partial charge is 0.353 e. The molecule has 0 spiro atoms. The van der Waals surface area contributed by atoms with E-state index in [1.807, 2.05) is 0 Å². The van der Waals surface area contributed by atoms with Crippen LogP contribution in [0.2, 0.25) is 0 Å². The molecule has 1 saturated heterocycles. The molecular formula is C16H29N3O. The van der Waals surface area contributed by atoms with Gasteiger partial charge in [0.05, 0.1) is 0 Å². The predicted molar refractivity (Wildman–Crippen MR) is 80.2 cm³/mol. The minimum atomic E-state index is 0.185. The highest BCUT2D eigenvalue weighted by molar-refractivity contribution is 5.79. The van der Waals surface area contributed by atoms with Crippen LogP contribution in [0.5, 0.6) is 0 Å². The molecule has 20 heavy (non-hydrogen) atoms. The van der Waals surface area contributed by atoms with Crippen LogP contribution < -0.4 is 11.1 Å². The summed E-state index contributed by atoms with van der Waals surface area (Å²) >= 11 is 0. The number of nitrogens with zero attached hydrogens (tertiary/aromatic N) is 1. The molecule has 0 radical (unpaired) electrons. The van der Waals surface area contributed by atoms with Gasteiger partial charge in [-0.25, -0.2) is 0 Å². The number of amides is 1. The summed E-state index contributed by atoms with van der Waals surface area (Å²) < 4.78 is 0. The summed E-state index contributed by atoms with van der Waals surface area (Å²) in [4.78, 5) is 15.0. The smallest absolute Gasteiger partial charge is 0.223 e. The monoisotopic (exact) mass is 279 g/mol. The van der Waals surface area contributed by atoms with Crippen LogP contribution >= 0.6 is 0 Å². The Hall–Kier alpha value is -0.610. The second-order valence-corrected chi connectivity index (χ2v) is 7.06. The normalized spacial score (nSPS) is 32.5. The molecule has 3 rings (SSSR count). The third kappa shape index (κ3) is 3.53. The summed E-state index contributed by atoms with van der Waals surface area (Å²) in [5, 5.41) is 3.29. The van der Waals surface area contributed by atoms with Gasteiger partial charge >= 0.3 is 0 Å². The van der Waals surface area contributed by atoms with E-state index in [4.69, 9.17) is 5.73 Å². The number of hydrogen-bond donors (Lipinski definition) is 2. The third-order valence-corrected chi connectivity index (χ3v) is 5.45. The van der Waals surface area contributed by atoms with Crippen molar-refractivity contribution in [3.05, 3.63) is 0 Å². The lowest BCUT2D eigenvalue weighted by Crippen LogP contribution is -2.47. The van der Waals surface area contributed by atoms with E-state index in [0.29, 0.717) is 18.5 Å². The Labute approximate surface area is 122 Å². The fourth-order valence-corrected chi connectivity index (χ4v) is 3.90. The Bertz CT molecular complexity index is 335. The van der Waals surface area contributed by atoms with Gasteiger partial charge in [-0.05, 0) is 56.9 Å². The molecule has 3 N–H and O–H groups in total. The first kappa shape index (κ1) is 14.3. The van der Waals surface area contributed by atoms with Gasteiger partial charge in [-0.1, -0.05) is 6.42 Å². The Kier molecular flexibility index (Phi) is 4.61. The molecule has 1 heterocycles. The number of carbonyl (C=O) groups is 1. The second kappa shape index (κ2) is 6.44. The van der Waals surface area contributed by atoms with Crippen LogP contribution in [0.1, 0.15) is 44.9 Å². The van der Waals surface area contributed by atoms with Crippen molar-refractivity contribution in [2.45, 2.75) is 51.0 Å². The van der Waals surface area contributed by atoms with Crippen LogP contribution in [0, 0.1) is 17.8 Å². The second-order valence-electron chi connectivity index (χ2n) is 7.06. The molecule has 114 valence electrons. The quantitative estimate of drug-likeness (QED) is 0.799. The first-order valence-electron chi connectivity index (χ1n) is 8.49. The van der Waals surface area contributed by atoms with E-state index in [0.717, 1.165) is 44.7 Å². The number of rotatable bonds is 5. The Morgan fingerprint density at radius 1 is 1.10 bits per heavy atom. The molecular weight excluding hydrogens is 250 g/mol. The third-order valence-electron chi connectivity index (χ3n) is 5.45. The average Bonchev–Trinajstić information content (AvgIpc) is 3.14. The van der Waals surface area contributed by atoms with Crippen LogP contribution in [0.3, 0.4) is 0 Å². The highest BCUT2D eigenvalue weighted by Gasteiger charge is 2.33. The van der Waals surface area contributed by atoms with Gasteiger partial charge < -0.3 is 16.0 Å². The highest BCUT2D eigenvalue weighted by Crippen LogP contribution is 2.32. The van der Waals surface area contributed by atoms with Gasteiger partial charge in [0.15, 0.2) is 0 Å². The molecule has 4 nitrogen and oxygen atoms in total. The van der Waals surface area contributed by atoms with Crippen molar-refractivity contribution in [1.82, 2.24) is 10.2 Å². The Morgan fingerprint density at radius 2 is 1.85 bits per heavy atom. The topological polar surface area (TPSA) is 58.4 Å². The Balaban J connectivity index is 1.41. The zero-order valence-electron chi connectivity index (χ0n) is 12.5. The predicted octanol–water partition coefficient (Wildman–Crippen LogP) is 1.35. The van der Waals surface area contributed by atoms with Crippen molar-refractivity contribution in [2.24, 2.45) is 23.5 Å². The maximum atomic E-state index is 12.4. The van der Waals surface area contributed by atoms with Crippen LogP contribution in [0.4, 0.5) is 0 Å². The summed E-state index contributed by atoms with van der Waals surface area (Å²) in [5.74, 6) is 1.86. The SMILES string of the molecule is NC[C@H]1CCC[C@H]1C(=O)NC1CCN(CC2CC2)CC1. The van der Waals surface area contributed by atoms with Gasteiger partial charge in [-0.2, -0.15) is 0 Å². The molecule has 0 aromatic rings. The van der Waals surface area contributed by atoms with E-state index in [-0.39, 0.29) is 11.8 Å². The van der Waals surface area contributed by atoms with E-state index in [1.54, 1.807) is 0 Å². The van der Waals surface area contributed by atoms with Gasteiger partial charge in [-0.3, -0.25) is 4.79 Å². The minimum Gasteiger partial charge on any atom is -0.353 e. The summed E-state index contributed by atoms with van der Waals surface area (Å²) in [5.41, 5.74) is 5.78. The zero-order chi connectivity index (χ0) is 13.9. The number of carbonyl (C=O) groups excluding carboxylic acids is 1. The first-order chi connectivity index (χ1) is 9.76. The minimum absolute atomic E-state index is 0.185. The van der Waals surface area contributed by atoms with Crippen molar-refractivity contribution in [2.75, 3.05) is 26.2 Å². The summed E-state index contributed by atoms with van der Waals surface area (Å²) in [6.07, 6.45) is 8.44. The van der Waals surface area contributed by atoms with E-state index in [9.17, 15) is 4.79 Å². The van der Waals surface area contributed by atoms with Gasteiger partial charge in [-0.15, -0.1) is 0 Å². The highest BCUT2D eigenvalue weighted by atomic mass is 16.2. The lowest BCUT2D eigenvalue weighted by molar-refractivity contribution is -0.127. The van der Waals surface area contributed by atoms with Gasteiger partial charge in [0.2, 0.25) is 5.91 Å². The van der Waals surface area contributed by atoms with E-state index < -0.39 is 0 Å². The number of nitrogens with two attached hydrogens (primary N) is 1. The van der Waals surface area contributed by atoms with Crippen molar-refractivity contribution < 1.29 is 4.79 Å². The van der Waals surface area contributed by atoms with Crippen LogP contribution in [0.15, 0.2) is 0 Å². The molecule has 0 unspecified atom stereocenters. The van der Waals surface area contributed by atoms with Gasteiger partial charge in [0.25, 0.3) is 0 Å². The van der Waals surface area contributed by atoms with Crippen LogP contribution in [0.25, 0.3) is 0 Å². The standard InChI is InChI=1S/C16H29N3O/c17-10-13-2-1-3-15(13)16(20)18-14-6-8-19(9-7-14)11-12-4-5-12/h12-15H,1-11,17H2,(H,18,20)/t13-,15-/m1/s1. The van der Waals surface area contributed by atoms with Crippen LogP contribution in [-0.2, 0) is 4.79 Å². The fraction of sp³-hybridized carbons (Fsp3) is 0.938. The molecule has 3 fully saturated rings. The molecule has 2 atom stereocenters. The molecule has 1 aliphatic heterocycles. The molecule has 0 aromatic carbocycles. The van der Waals surface area contributed by atoms with Gasteiger partial charge in [0, 0.05) is 31.6 Å². The molecule has 0 bridgehead atoms. The number of piperidine rings is 1. The molecule has 3 aliphatic rings. The molecule has 2 aliphatic carbocycles. The van der Waals surface area contributed by atoms with E-state index >= 15 is 0 Å². The van der Waals surface area contributed by atoms with E-state index in [1.165, 1.54) is 25.8 Å². The van der Waals surface area contributed by atoms with Gasteiger partial charge in [0.1, 0.15) is 0 Å². The van der Waals surface area contributed by atoms with E-state index in [2.05, 4.69) is 10.2 Å². The van der Waals surface area contributed by atoms with Crippen molar-refractivity contribution in [3.63, 3.8) is 0 Å². The zero-order valence-corrected chi connectivity index (χ0v) is 12.5. The van der Waals surface area contributed by atoms with Crippen LogP contribution in [-0.4, -0.2) is 43.0 Å². The molecule has 4 heteroatoms. The summed E-state index contributed by atoms with van der Waals surface area (Å²) in [6, 6.07) is 0.400. The molecule has 0 aromatic heterocycles. The Morgan fingerprint density at radius 3 is 2.50 bits per heavy atom. The van der Waals surface area contributed by atoms with Crippen molar-refractivity contribution >= 4 is 5.91 Å².